The Labute approximate surface area is 121 Å². The predicted molar refractivity (Wildman–Crippen MR) is 76.1 cm³/mol. The van der Waals surface area contributed by atoms with Gasteiger partial charge in [0.05, 0.1) is 12.6 Å². The zero-order valence-corrected chi connectivity index (χ0v) is 12.4. The average molecular weight is 291 g/mol. The lowest BCUT2D eigenvalue weighted by molar-refractivity contribution is 0.0503. The maximum atomic E-state index is 12.0. The minimum atomic E-state index is -0.393. The molecule has 2 aromatic heterocycles. The van der Waals surface area contributed by atoms with Crippen LogP contribution in [0.5, 0.6) is 0 Å². The third-order valence-corrected chi connectivity index (χ3v) is 4.65. The minimum Gasteiger partial charge on any atom is -0.460 e. The summed E-state index contributed by atoms with van der Waals surface area (Å²) in [5.41, 5.74) is 1.30. The zero-order valence-electron chi connectivity index (χ0n) is 11.6. The molecule has 3 rings (SSSR count). The van der Waals surface area contributed by atoms with Crippen LogP contribution in [0.25, 0.3) is 0 Å². The molecule has 1 unspecified atom stereocenters. The second kappa shape index (κ2) is 5.36. The molecule has 1 aliphatic rings. The van der Waals surface area contributed by atoms with Gasteiger partial charge in [-0.2, -0.15) is 0 Å². The first-order valence-electron chi connectivity index (χ1n) is 6.87. The summed E-state index contributed by atoms with van der Waals surface area (Å²) in [4.78, 5) is 13.4. The molecule has 6 heteroatoms. The highest BCUT2D eigenvalue weighted by Gasteiger charge is 2.29. The standard InChI is InChI=1S/C14H17N3O2S/c1-3-19-14(18)13-16-15-9(2)17(13)11-5-4-6-12-10(11)7-8-20-12/h7-8,11H,3-6H2,1-2H3. The summed E-state index contributed by atoms with van der Waals surface area (Å²) in [5, 5.41) is 10.2. The number of nitrogens with zero attached hydrogens (tertiary/aromatic N) is 3. The fraction of sp³-hybridized carbons (Fsp3) is 0.500. The van der Waals surface area contributed by atoms with Crippen molar-refractivity contribution in [2.24, 2.45) is 0 Å². The number of esters is 1. The summed E-state index contributed by atoms with van der Waals surface area (Å²) in [6, 6.07) is 2.30. The van der Waals surface area contributed by atoms with Crippen molar-refractivity contribution in [2.45, 2.75) is 39.2 Å². The van der Waals surface area contributed by atoms with Crippen LogP contribution in [0.2, 0.25) is 0 Å². The van der Waals surface area contributed by atoms with E-state index in [0.29, 0.717) is 12.4 Å². The van der Waals surface area contributed by atoms with E-state index >= 15 is 0 Å². The Bertz CT molecular complexity index is 632. The van der Waals surface area contributed by atoms with E-state index in [0.717, 1.165) is 25.1 Å². The lowest BCUT2D eigenvalue weighted by Crippen LogP contribution is -2.22. The number of fused-ring (bicyclic) bond motifs is 1. The van der Waals surface area contributed by atoms with E-state index in [1.807, 2.05) is 11.5 Å². The van der Waals surface area contributed by atoms with Gasteiger partial charge in [0, 0.05) is 4.88 Å². The van der Waals surface area contributed by atoms with Crippen LogP contribution in [-0.2, 0) is 11.2 Å². The third-order valence-electron chi connectivity index (χ3n) is 3.66. The van der Waals surface area contributed by atoms with E-state index < -0.39 is 5.97 Å². The molecule has 1 aliphatic carbocycles. The molecule has 5 nitrogen and oxygen atoms in total. The van der Waals surface area contributed by atoms with Gasteiger partial charge in [0.2, 0.25) is 5.82 Å². The first-order chi connectivity index (χ1) is 9.72. The number of aryl methyl sites for hydroxylation is 2. The van der Waals surface area contributed by atoms with Crippen molar-refractivity contribution in [1.82, 2.24) is 14.8 Å². The Kier molecular flexibility index (Phi) is 3.56. The summed E-state index contributed by atoms with van der Waals surface area (Å²) >= 11 is 1.79. The Hall–Kier alpha value is -1.69. The van der Waals surface area contributed by atoms with Crippen molar-refractivity contribution in [3.8, 4) is 0 Å². The van der Waals surface area contributed by atoms with Gasteiger partial charge in [0.15, 0.2) is 0 Å². The number of aromatic nitrogens is 3. The summed E-state index contributed by atoms with van der Waals surface area (Å²) in [6.45, 7) is 4.03. The molecule has 0 aliphatic heterocycles. The first kappa shape index (κ1) is 13.3. The van der Waals surface area contributed by atoms with E-state index in [-0.39, 0.29) is 6.04 Å². The normalized spacial score (nSPS) is 17.8. The molecule has 106 valence electrons. The van der Waals surface area contributed by atoms with Crippen LogP contribution >= 0.6 is 11.3 Å². The SMILES string of the molecule is CCOC(=O)c1nnc(C)n1C1CCCc2sccc21. The molecule has 0 N–H and O–H groups in total. The second-order valence-corrected chi connectivity index (χ2v) is 5.87. The number of thiophene rings is 1. The highest BCUT2D eigenvalue weighted by molar-refractivity contribution is 7.10. The number of carbonyl (C=O) groups is 1. The van der Waals surface area contributed by atoms with Gasteiger partial charge in [0.1, 0.15) is 5.82 Å². The summed E-state index contributed by atoms with van der Waals surface area (Å²) in [7, 11) is 0. The van der Waals surface area contributed by atoms with Gasteiger partial charge >= 0.3 is 5.97 Å². The Morgan fingerprint density at radius 3 is 3.20 bits per heavy atom. The number of carbonyl (C=O) groups excluding carboxylic acids is 1. The number of ether oxygens (including phenoxy) is 1. The van der Waals surface area contributed by atoms with Gasteiger partial charge in [-0.1, -0.05) is 0 Å². The molecule has 0 spiro atoms. The van der Waals surface area contributed by atoms with Crippen LogP contribution in [0, 0.1) is 6.92 Å². The van der Waals surface area contributed by atoms with E-state index in [9.17, 15) is 4.79 Å². The maximum absolute atomic E-state index is 12.0. The number of rotatable bonds is 3. The van der Waals surface area contributed by atoms with Crippen LogP contribution < -0.4 is 0 Å². The van der Waals surface area contributed by atoms with E-state index in [1.165, 1.54) is 10.4 Å². The third kappa shape index (κ3) is 2.14. The number of hydrogen-bond donors (Lipinski definition) is 0. The van der Waals surface area contributed by atoms with Gasteiger partial charge in [-0.25, -0.2) is 4.79 Å². The van der Waals surface area contributed by atoms with Gasteiger partial charge in [-0.15, -0.1) is 21.5 Å². The Balaban J connectivity index is 2.04. The fourth-order valence-corrected chi connectivity index (χ4v) is 3.79. The van der Waals surface area contributed by atoms with Crippen LogP contribution in [0.15, 0.2) is 11.4 Å². The Morgan fingerprint density at radius 2 is 2.40 bits per heavy atom. The molecule has 0 saturated carbocycles. The van der Waals surface area contributed by atoms with Gasteiger partial charge in [-0.3, -0.25) is 4.57 Å². The molecule has 0 aromatic carbocycles. The second-order valence-electron chi connectivity index (χ2n) is 4.87. The monoisotopic (exact) mass is 291 g/mol. The van der Waals surface area contributed by atoms with E-state index in [4.69, 9.17) is 4.74 Å². The van der Waals surface area contributed by atoms with E-state index in [2.05, 4.69) is 21.6 Å². The lowest BCUT2D eigenvalue weighted by Gasteiger charge is -2.25. The minimum absolute atomic E-state index is 0.152. The van der Waals surface area contributed by atoms with E-state index in [1.54, 1.807) is 18.3 Å². The largest absolute Gasteiger partial charge is 0.460 e. The van der Waals surface area contributed by atoms with Crippen LogP contribution in [-0.4, -0.2) is 27.3 Å². The van der Waals surface area contributed by atoms with Crippen molar-refractivity contribution in [1.29, 1.82) is 0 Å². The summed E-state index contributed by atoms with van der Waals surface area (Å²) in [5.74, 6) is 0.681. The molecule has 0 radical (unpaired) electrons. The van der Waals surface area contributed by atoms with Crippen LogP contribution in [0.1, 0.15) is 52.7 Å². The molecule has 2 aromatic rings. The Morgan fingerprint density at radius 1 is 1.55 bits per heavy atom. The summed E-state index contributed by atoms with van der Waals surface area (Å²) in [6.07, 6.45) is 3.26. The molecule has 20 heavy (non-hydrogen) atoms. The molecular formula is C14H17N3O2S. The van der Waals surface area contributed by atoms with Gasteiger partial charge < -0.3 is 4.74 Å². The predicted octanol–water partition coefficient (Wildman–Crippen LogP) is 2.75. The van der Waals surface area contributed by atoms with Crippen molar-refractivity contribution >= 4 is 17.3 Å². The van der Waals surface area contributed by atoms with Crippen molar-refractivity contribution in [3.05, 3.63) is 33.5 Å². The molecule has 1 atom stereocenters. The highest BCUT2D eigenvalue weighted by Crippen LogP contribution is 2.37. The lowest BCUT2D eigenvalue weighted by atomic mass is 9.93. The topological polar surface area (TPSA) is 57.0 Å². The quantitative estimate of drug-likeness (QED) is 0.816. The molecule has 0 saturated heterocycles. The van der Waals surface area contributed by atoms with Gasteiger partial charge in [-0.05, 0) is 50.1 Å². The van der Waals surface area contributed by atoms with Crippen molar-refractivity contribution < 1.29 is 9.53 Å². The first-order valence-corrected chi connectivity index (χ1v) is 7.75. The fourth-order valence-electron chi connectivity index (χ4n) is 2.81. The van der Waals surface area contributed by atoms with Crippen molar-refractivity contribution in [2.75, 3.05) is 6.61 Å². The highest BCUT2D eigenvalue weighted by atomic mass is 32.1. The van der Waals surface area contributed by atoms with Crippen LogP contribution in [0.4, 0.5) is 0 Å². The molecule has 0 fully saturated rings. The molecule has 0 amide bonds. The molecule has 0 bridgehead atoms. The van der Waals surface area contributed by atoms with Crippen molar-refractivity contribution in [3.63, 3.8) is 0 Å². The summed E-state index contributed by atoms with van der Waals surface area (Å²) < 4.78 is 7.02. The van der Waals surface area contributed by atoms with Gasteiger partial charge in [0.25, 0.3) is 0 Å². The number of hydrogen-bond acceptors (Lipinski definition) is 5. The van der Waals surface area contributed by atoms with Crippen LogP contribution in [0.3, 0.4) is 0 Å². The molecule has 2 heterocycles. The molecular weight excluding hydrogens is 274 g/mol. The maximum Gasteiger partial charge on any atom is 0.376 e. The zero-order chi connectivity index (χ0) is 14.1. The smallest absolute Gasteiger partial charge is 0.376 e. The average Bonchev–Trinajstić information content (AvgIpc) is 3.04.